The second kappa shape index (κ2) is 6.46. The molecule has 4 heteroatoms. The lowest BCUT2D eigenvalue weighted by Crippen LogP contribution is -2.04. The molecule has 0 atom stereocenters. The fraction of sp³-hybridized carbons (Fsp3) is 0.353. The predicted octanol–water partition coefficient (Wildman–Crippen LogP) is 4.73. The molecule has 0 aliphatic rings. The molecule has 0 fully saturated rings. The lowest BCUT2D eigenvalue weighted by Gasteiger charge is -2.16. The molecule has 2 N–H and O–H groups in total. The van der Waals surface area contributed by atoms with E-state index >= 15 is 0 Å². The molecule has 0 saturated heterocycles. The third kappa shape index (κ3) is 3.36. The maximum Gasteiger partial charge on any atom is 0.223 e. The van der Waals surface area contributed by atoms with Gasteiger partial charge in [0.15, 0.2) is 0 Å². The third-order valence-electron chi connectivity index (χ3n) is 3.58. The fourth-order valence-electron chi connectivity index (χ4n) is 2.23. The van der Waals surface area contributed by atoms with Gasteiger partial charge in [-0.2, -0.15) is 0 Å². The number of nitrogens with two attached hydrogens (primary N) is 1. The van der Waals surface area contributed by atoms with Gasteiger partial charge in [0, 0.05) is 23.3 Å². The van der Waals surface area contributed by atoms with Crippen LogP contribution < -0.4 is 10.5 Å². The summed E-state index contributed by atoms with van der Waals surface area (Å²) in [4.78, 5) is 4.31. The van der Waals surface area contributed by atoms with Crippen molar-refractivity contribution in [2.45, 2.75) is 40.2 Å². The number of hydrogen-bond donors (Lipinski definition) is 1. The Morgan fingerprint density at radius 1 is 1.24 bits per heavy atom. The van der Waals surface area contributed by atoms with Gasteiger partial charge in [-0.25, -0.2) is 4.98 Å². The molecule has 1 heterocycles. The zero-order valence-corrected chi connectivity index (χ0v) is 13.7. The first-order chi connectivity index (χ1) is 9.93. The first-order valence-corrected chi connectivity index (χ1v) is 7.44. The van der Waals surface area contributed by atoms with E-state index in [4.69, 9.17) is 22.1 Å². The van der Waals surface area contributed by atoms with Crippen molar-refractivity contribution in [3.05, 3.63) is 51.7 Å². The van der Waals surface area contributed by atoms with Crippen LogP contribution in [0.2, 0.25) is 5.02 Å². The van der Waals surface area contributed by atoms with Crippen molar-refractivity contribution in [3.63, 3.8) is 0 Å². The molecule has 0 unspecified atom stereocenters. The Bertz CT molecular complexity index is 653. The number of rotatable bonds is 4. The lowest BCUT2D eigenvalue weighted by atomic mass is 10.0. The molecule has 2 aromatic rings. The van der Waals surface area contributed by atoms with E-state index in [0.717, 1.165) is 33.0 Å². The minimum Gasteiger partial charge on any atom is -0.438 e. The van der Waals surface area contributed by atoms with Gasteiger partial charge >= 0.3 is 0 Å². The molecular formula is C17H21ClN2O. The molecule has 21 heavy (non-hydrogen) atoms. The van der Waals surface area contributed by atoms with Crippen molar-refractivity contribution in [1.29, 1.82) is 0 Å². The number of ether oxygens (including phenoxy) is 1. The fourth-order valence-corrected chi connectivity index (χ4v) is 2.66. The van der Waals surface area contributed by atoms with Crippen LogP contribution in [0.3, 0.4) is 0 Å². The molecule has 0 bridgehead atoms. The van der Waals surface area contributed by atoms with Gasteiger partial charge in [0.2, 0.25) is 5.88 Å². The zero-order chi connectivity index (χ0) is 15.6. The molecule has 2 rings (SSSR count). The van der Waals surface area contributed by atoms with E-state index in [0.29, 0.717) is 18.3 Å². The van der Waals surface area contributed by atoms with Gasteiger partial charge in [0.25, 0.3) is 0 Å². The second-order valence-corrected chi connectivity index (χ2v) is 5.92. The van der Waals surface area contributed by atoms with Crippen LogP contribution >= 0.6 is 11.6 Å². The van der Waals surface area contributed by atoms with Crippen molar-refractivity contribution in [3.8, 4) is 11.6 Å². The SMILES string of the molecule is Cc1cc(Cl)c(C(C)C)cc1Oc1nccc(C)c1CN. The van der Waals surface area contributed by atoms with Crippen LogP contribution in [0, 0.1) is 13.8 Å². The molecule has 112 valence electrons. The number of nitrogens with zero attached hydrogens (tertiary/aromatic N) is 1. The first kappa shape index (κ1) is 15.8. The Morgan fingerprint density at radius 2 is 1.95 bits per heavy atom. The van der Waals surface area contributed by atoms with Crippen LogP contribution in [0.25, 0.3) is 0 Å². The number of halogens is 1. The Hall–Kier alpha value is -1.58. The summed E-state index contributed by atoms with van der Waals surface area (Å²) in [7, 11) is 0. The molecule has 0 aliphatic heterocycles. The monoisotopic (exact) mass is 304 g/mol. The second-order valence-electron chi connectivity index (χ2n) is 5.51. The Kier molecular flexibility index (Phi) is 4.86. The highest BCUT2D eigenvalue weighted by Gasteiger charge is 2.13. The lowest BCUT2D eigenvalue weighted by molar-refractivity contribution is 0.451. The number of hydrogen-bond acceptors (Lipinski definition) is 3. The number of aromatic nitrogens is 1. The summed E-state index contributed by atoms with van der Waals surface area (Å²) < 4.78 is 6.01. The minimum atomic E-state index is 0.333. The van der Waals surface area contributed by atoms with Gasteiger partial charge in [-0.05, 0) is 54.7 Å². The maximum absolute atomic E-state index is 6.29. The van der Waals surface area contributed by atoms with Crippen molar-refractivity contribution >= 4 is 11.6 Å². The van der Waals surface area contributed by atoms with Crippen LogP contribution in [0.1, 0.15) is 42.0 Å². The van der Waals surface area contributed by atoms with E-state index in [9.17, 15) is 0 Å². The Labute approximate surface area is 131 Å². The number of benzene rings is 1. The van der Waals surface area contributed by atoms with E-state index in [-0.39, 0.29) is 0 Å². The summed E-state index contributed by atoms with van der Waals surface area (Å²) in [6.07, 6.45) is 1.73. The van der Waals surface area contributed by atoms with E-state index in [1.807, 2.05) is 32.0 Å². The molecule has 0 spiro atoms. The number of aryl methyl sites for hydroxylation is 2. The molecule has 0 aliphatic carbocycles. The topological polar surface area (TPSA) is 48.1 Å². The highest BCUT2D eigenvalue weighted by Crippen LogP contribution is 2.34. The Balaban J connectivity index is 2.45. The van der Waals surface area contributed by atoms with Gasteiger partial charge in [0.1, 0.15) is 5.75 Å². The van der Waals surface area contributed by atoms with Crippen molar-refractivity contribution in [1.82, 2.24) is 4.98 Å². The highest BCUT2D eigenvalue weighted by atomic mass is 35.5. The molecular weight excluding hydrogens is 284 g/mol. The van der Waals surface area contributed by atoms with Crippen LogP contribution in [0.15, 0.2) is 24.4 Å². The van der Waals surface area contributed by atoms with Gasteiger partial charge in [-0.3, -0.25) is 0 Å². The minimum absolute atomic E-state index is 0.333. The third-order valence-corrected chi connectivity index (χ3v) is 3.90. The van der Waals surface area contributed by atoms with Crippen molar-refractivity contribution < 1.29 is 4.74 Å². The quantitative estimate of drug-likeness (QED) is 0.888. The first-order valence-electron chi connectivity index (χ1n) is 7.06. The van der Waals surface area contributed by atoms with Crippen molar-refractivity contribution in [2.75, 3.05) is 0 Å². The van der Waals surface area contributed by atoms with Crippen molar-refractivity contribution in [2.24, 2.45) is 5.73 Å². The smallest absolute Gasteiger partial charge is 0.223 e. The largest absolute Gasteiger partial charge is 0.438 e. The van der Waals surface area contributed by atoms with Gasteiger partial charge in [-0.1, -0.05) is 25.4 Å². The summed E-state index contributed by atoms with van der Waals surface area (Å²) in [5.41, 5.74) is 9.87. The van der Waals surface area contributed by atoms with E-state index in [1.54, 1.807) is 6.20 Å². The maximum atomic E-state index is 6.29. The van der Waals surface area contributed by atoms with E-state index in [2.05, 4.69) is 18.8 Å². The summed E-state index contributed by atoms with van der Waals surface area (Å²) >= 11 is 6.29. The molecule has 1 aromatic heterocycles. The molecule has 0 radical (unpaired) electrons. The summed E-state index contributed by atoms with van der Waals surface area (Å²) in [6, 6.07) is 5.86. The summed E-state index contributed by atoms with van der Waals surface area (Å²) in [5, 5.41) is 0.770. The van der Waals surface area contributed by atoms with Crippen LogP contribution in [0.4, 0.5) is 0 Å². The van der Waals surface area contributed by atoms with Crippen LogP contribution in [-0.2, 0) is 6.54 Å². The van der Waals surface area contributed by atoms with E-state index < -0.39 is 0 Å². The summed E-state index contributed by atoms with van der Waals surface area (Å²) in [6.45, 7) is 8.60. The molecule has 0 saturated carbocycles. The molecule has 1 aromatic carbocycles. The van der Waals surface area contributed by atoms with Gasteiger partial charge < -0.3 is 10.5 Å². The van der Waals surface area contributed by atoms with Crippen LogP contribution in [0.5, 0.6) is 11.6 Å². The summed E-state index contributed by atoms with van der Waals surface area (Å²) in [5.74, 6) is 1.67. The van der Waals surface area contributed by atoms with Gasteiger partial charge in [-0.15, -0.1) is 0 Å². The van der Waals surface area contributed by atoms with E-state index in [1.165, 1.54) is 0 Å². The highest BCUT2D eigenvalue weighted by molar-refractivity contribution is 6.31. The standard InChI is InChI=1S/C17H21ClN2O/c1-10(2)13-8-16(12(4)7-15(13)18)21-17-14(9-19)11(3)5-6-20-17/h5-8,10H,9,19H2,1-4H3. The zero-order valence-electron chi connectivity index (χ0n) is 12.9. The predicted molar refractivity (Wildman–Crippen MR) is 87.2 cm³/mol. The average molecular weight is 305 g/mol. The van der Waals surface area contributed by atoms with Gasteiger partial charge in [0.05, 0.1) is 0 Å². The number of pyridine rings is 1. The Morgan fingerprint density at radius 3 is 2.57 bits per heavy atom. The van der Waals surface area contributed by atoms with Crippen LogP contribution in [-0.4, -0.2) is 4.98 Å². The normalized spacial score (nSPS) is 11.0. The average Bonchev–Trinajstić information content (AvgIpc) is 2.41. The molecule has 0 amide bonds. The molecule has 3 nitrogen and oxygen atoms in total.